The first-order chi connectivity index (χ1) is 17.0. The third kappa shape index (κ3) is 7.01. The quantitative estimate of drug-likeness (QED) is 0.358. The first-order valence-corrected chi connectivity index (χ1v) is 12.5. The van der Waals surface area contributed by atoms with E-state index in [9.17, 15) is 4.79 Å². The van der Waals surface area contributed by atoms with Gasteiger partial charge < -0.3 is 16.0 Å². The molecule has 3 N–H and O–H groups in total. The Hall–Kier alpha value is -3.48. The molecule has 0 amide bonds. The van der Waals surface area contributed by atoms with E-state index in [0.29, 0.717) is 42.6 Å². The number of nitrogens with zero attached hydrogens (tertiary/aromatic N) is 3. The van der Waals surface area contributed by atoms with Crippen LogP contribution in [0.3, 0.4) is 0 Å². The summed E-state index contributed by atoms with van der Waals surface area (Å²) in [5.74, 6) is 2.72. The third-order valence-corrected chi connectivity index (χ3v) is 7.05. The van der Waals surface area contributed by atoms with E-state index in [1.807, 2.05) is 18.2 Å². The van der Waals surface area contributed by atoms with Gasteiger partial charge in [0.05, 0.1) is 0 Å². The van der Waals surface area contributed by atoms with Gasteiger partial charge in [0, 0.05) is 25.6 Å². The normalized spacial score (nSPS) is 17.6. The van der Waals surface area contributed by atoms with Crippen LogP contribution in [0.4, 0.5) is 17.8 Å². The molecule has 1 fully saturated rings. The summed E-state index contributed by atoms with van der Waals surface area (Å²) in [6.45, 7) is 8.05. The maximum absolute atomic E-state index is 11.7. The molecule has 0 spiro atoms. The number of nitrogens with one attached hydrogen (secondary N) is 3. The van der Waals surface area contributed by atoms with Gasteiger partial charge in [0.25, 0.3) is 0 Å². The van der Waals surface area contributed by atoms with Gasteiger partial charge in [-0.25, -0.2) is 0 Å². The number of anilines is 3. The maximum atomic E-state index is 11.7. The Kier molecular flexibility index (Phi) is 8.29. The molecular weight excluding hydrogens is 436 g/mol. The van der Waals surface area contributed by atoms with E-state index >= 15 is 0 Å². The number of carbonyl (C=O) groups excluding carboxylic acids is 1. The van der Waals surface area contributed by atoms with Crippen molar-refractivity contribution < 1.29 is 4.79 Å². The zero-order valence-electron chi connectivity index (χ0n) is 21.0. The Balaban J connectivity index is 1.44. The van der Waals surface area contributed by atoms with Gasteiger partial charge in [0.2, 0.25) is 17.8 Å². The van der Waals surface area contributed by atoms with E-state index in [-0.39, 0.29) is 5.92 Å². The second-order valence-corrected chi connectivity index (χ2v) is 9.57. The summed E-state index contributed by atoms with van der Waals surface area (Å²) < 4.78 is 0. The predicted molar refractivity (Wildman–Crippen MR) is 141 cm³/mol. The maximum Gasteiger partial charge on any atom is 0.229 e. The van der Waals surface area contributed by atoms with E-state index < -0.39 is 0 Å². The van der Waals surface area contributed by atoms with Gasteiger partial charge in [-0.2, -0.15) is 15.0 Å². The molecule has 7 heteroatoms. The van der Waals surface area contributed by atoms with E-state index in [1.165, 1.54) is 16.7 Å². The van der Waals surface area contributed by atoms with Crippen molar-refractivity contribution in [2.45, 2.75) is 59.5 Å². The van der Waals surface area contributed by atoms with Crippen LogP contribution in [0, 0.1) is 25.7 Å². The molecule has 7 nitrogen and oxygen atoms in total. The smallest absolute Gasteiger partial charge is 0.229 e. The highest BCUT2D eigenvalue weighted by molar-refractivity contribution is 5.78. The molecule has 1 heterocycles. The van der Waals surface area contributed by atoms with Crippen molar-refractivity contribution in [3.05, 3.63) is 70.8 Å². The highest BCUT2D eigenvalue weighted by Crippen LogP contribution is 2.29. The summed E-state index contributed by atoms with van der Waals surface area (Å²) in [6.07, 6.45) is 4.06. The highest BCUT2D eigenvalue weighted by Gasteiger charge is 2.24. The summed E-state index contributed by atoms with van der Waals surface area (Å²) in [5, 5.41) is 10.2. The largest absolute Gasteiger partial charge is 0.354 e. The lowest BCUT2D eigenvalue weighted by molar-refractivity contribution is -0.121. The number of aromatic nitrogens is 3. The van der Waals surface area contributed by atoms with Crippen LogP contribution in [0.15, 0.2) is 48.5 Å². The molecular formula is C28H36N6O. The molecule has 0 aliphatic heterocycles. The van der Waals surface area contributed by atoms with Gasteiger partial charge in [-0.15, -0.1) is 0 Å². The lowest BCUT2D eigenvalue weighted by Gasteiger charge is -2.27. The molecule has 35 heavy (non-hydrogen) atoms. The average molecular weight is 473 g/mol. The van der Waals surface area contributed by atoms with Crippen molar-refractivity contribution in [1.29, 1.82) is 0 Å². The Labute approximate surface area is 208 Å². The number of carbonyl (C=O) groups is 1. The lowest BCUT2D eigenvalue weighted by Crippen LogP contribution is -2.25. The van der Waals surface area contributed by atoms with Gasteiger partial charge in [-0.05, 0) is 74.6 Å². The minimum atomic E-state index is 0.234. The first kappa shape index (κ1) is 24.6. The Morgan fingerprint density at radius 2 is 1.43 bits per heavy atom. The molecule has 1 aliphatic rings. The van der Waals surface area contributed by atoms with Crippen molar-refractivity contribution in [1.82, 2.24) is 15.0 Å². The monoisotopic (exact) mass is 472 g/mol. The van der Waals surface area contributed by atoms with Crippen LogP contribution in [-0.2, 0) is 17.9 Å². The SMILES string of the molecule is CC(=O)C1CCC(CNc2nc(NCc3ccccc3)nc(NCc3cccc(C)c3C)n2)CC1. The van der Waals surface area contributed by atoms with Crippen molar-refractivity contribution in [3.8, 4) is 0 Å². The second-order valence-electron chi connectivity index (χ2n) is 9.57. The molecule has 3 aromatic rings. The van der Waals surface area contributed by atoms with Crippen molar-refractivity contribution in [2.75, 3.05) is 22.5 Å². The van der Waals surface area contributed by atoms with Crippen molar-refractivity contribution >= 4 is 23.6 Å². The lowest BCUT2D eigenvalue weighted by atomic mass is 9.80. The van der Waals surface area contributed by atoms with E-state index in [0.717, 1.165) is 37.8 Å². The summed E-state index contributed by atoms with van der Waals surface area (Å²) in [7, 11) is 0. The molecule has 0 bridgehead atoms. The van der Waals surface area contributed by atoms with E-state index in [1.54, 1.807) is 6.92 Å². The molecule has 0 radical (unpaired) electrons. The summed E-state index contributed by atoms with van der Waals surface area (Å²) in [6, 6.07) is 16.5. The Morgan fingerprint density at radius 3 is 2.09 bits per heavy atom. The zero-order valence-corrected chi connectivity index (χ0v) is 21.0. The predicted octanol–water partition coefficient (Wildman–Crippen LogP) is 5.52. The van der Waals surface area contributed by atoms with Crippen LogP contribution < -0.4 is 16.0 Å². The number of hydrogen-bond donors (Lipinski definition) is 3. The summed E-state index contributed by atoms with van der Waals surface area (Å²) in [5.41, 5.74) is 4.93. The van der Waals surface area contributed by atoms with E-state index in [4.69, 9.17) is 0 Å². The van der Waals surface area contributed by atoms with Crippen LogP contribution in [0.5, 0.6) is 0 Å². The molecule has 2 aromatic carbocycles. The van der Waals surface area contributed by atoms with Gasteiger partial charge >= 0.3 is 0 Å². The van der Waals surface area contributed by atoms with Gasteiger partial charge in [0.1, 0.15) is 5.78 Å². The average Bonchev–Trinajstić information content (AvgIpc) is 2.88. The summed E-state index contributed by atoms with van der Waals surface area (Å²) in [4.78, 5) is 25.6. The van der Waals surface area contributed by atoms with Crippen LogP contribution >= 0.6 is 0 Å². The molecule has 0 saturated heterocycles. The number of benzene rings is 2. The number of aryl methyl sites for hydroxylation is 1. The molecule has 1 aliphatic carbocycles. The molecule has 0 unspecified atom stereocenters. The number of ketones is 1. The van der Waals surface area contributed by atoms with Gasteiger partial charge in [0.15, 0.2) is 0 Å². The fourth-order valence-corrected chi connectivity index (χ4v) is 4.58. The van der Waals surface area contributed by atoms with Crippen LogP contribution in [0.2, 0.25) is 0 Å². The minimum absolute atomic E-state index is 0.234. The standard InChI is InChI=1S/C28H36N6O/c1-19-8-7-11-25(20(19)2)18-31-28-33-26(29-16-22-9-5-4-6-10-22)32-27(34-28)30-17-23-12-14-24(15-13-23)21(3)35/h4-11,23-24H,12-18H2,1-3H3,(H3,29,30,31,32,33,34). The van der Waals surface area contributed by atoms with Gasteiger partial charge in [-0.3, -0.25) is 4.79 Å². The molecule has 1 saturated carbocycles. The van der Waals surface area contributed by atoms with Crippen molar-refractivity contribution in [2.24, 2.45) is 11.8 Å². The molecule has 184 valence electrons. The fourth-order valence-electron chi connectivity index (χ4n) is 4.58. The van der Waals surface area contributed by atoms with Crippen LogP contribution in [0.1, 0.15) is 54.9 Å². The Bertz CT molecular complexity index is 1130. The van der Waals surface area contributed by atoms with Crippen molar-refractivity contribution in [3.63, 3.8) is 0 Å². The minimum Gasteiger partial charge on any atom is -0.354 e. The summed E-state index contributed by atoms with van der Waals surface area (Å²) >= 11 is 0. The van der Waals surface area contributed by atoms with Crippen LogP contribution in [0.25, 0.3) is 0 Å². The van der Waals surface area contributed by atoms with E-state index in [2.05, 4.69) is 75.1 Å². The topological polar surface area (TPSA) is 91.8 Å². The van der Waals surface area contributed by atoms with Crippen LogP contribution in [-0.4, -0.2) is 27.3 Å². The fraction of sp³-hybridized carbons (Fsp3) is 0.429. The zero-order chi connectivity index (χ0) is 24.6. The third-order valence-electron chi connectivity index (χ3n) is 7.05. The molecule has 4 rings (SSSR count). The molecule has 1 aromatic heterocycles. The first-order valence-electron chi connectivity index (χ1n) is 12.5. The van der Waals surface area contributed by atoms with Gasteiger partial charge in [-0.1, -0.05) is 48.5 Å². The number of rotatable bonds is 10. The second kappa shape index (κ2) is 11.8. The number of Topliss-reactive ketones (excluding diaryl/α,β-unsaturated/α-hetero) is 1. The highest BCUT2D eigenvalue weighted by atomic mass is 16.1. The Morgan fingerprint density at radius 1 is 0.800 bits per heavy atom. The molecule has 0 atom stereocenters. The number of hydrogen-bond acceptors (Lipinski definition) is 7.